The van der Waals surface area contributed by atoms with E-state index in [2.05, 4.69) is 9.88 Å². The average Bonchev–Trinajstić information content (AvgIpc) is 2.79. The Bertz CT molecular complexity index is 733. The Labute approximate surface area is 124 Å². The Balaban J connectivity index is 2.53. The van der Waals surface area contributed by atoms with Crippen molar-refractivity contribution in [2.24, 2.45) is 0 Å². The lowest BCUT2D eigenvalue weighted by Gasteiger charge is -2.09. The van der Waals surface area contributed by atoms with Gasteiger partial charge in [0.25, 0.3) is 5.91 Å². The lowest BCUT2D eigenvalue weighted by Crippen LogP contribution is -2.19. The fourth-order valence-electron chi connectivity index (χ4n) is 2.35. The van der Waals surface area contributed by atoms with Crippen molar-refractivity contribution in [3.8, 4) is 11.8 Å². The van der Waals surface area contributed by atoms with E-state index in [9.17, 15) is 4.79 Å². The summed E-state index contributed by atoms with van der Waals surface area (Å²) < 4.78 is 2.10. The summed E-state index contributed by atoms with van der Waals surface area (Å²) in [6.07, 6.45) is 1.63. The quantitative estimate of drug-likeness (QED) is 0.693. The van der Waals surface area contributed by atoms with Crippen LogP contribution in [0.4, 0.5) is 0 Å². The Morgan fingerprint density at radius 2 is 1.95 bits per heavy atom. The van der Waals surface area contributed by atoms with E-state index in [-0.39, 0.29) is 11.5 Å². The first-order valence-corrected chi connectivity index (χ1v) is 6.66. The summed E-state index contributed by atoms with van der Waals surface area (Å²) in [5.74, 6) is -0.373. The SMILES string of the molecule is CNC(=O)/C(C#N)=C\c1cc(C)n(-c2ccccc2)c1C. The van der Waals surface area contributed by atoms with E-state index in [0.717, 1.165) is 22.6 Å². The van der Waals surface area contributed by atoms with Crippen LogP contribution in [0.15, 0.2) is 42.0 Å². The number of hydrogen-bond acceptors (Lipinski definition) is 2. The van der Waals surface area contributed by atoms with Gasteiger partial charge in [-0.25, -0.2) is 0 Å². The van der Waals surface area contributed by atoms with E-state index >= 15 is 0 Å². The molecule has 2 aromatic rings. The molecule has 1 aromatic carbocycles. The van der Waals surface area contributed by atoms with Gasteiger partial charge in [-0.2, -0.15) is 5.26 Å². The highest BCUT2D eigenvalue weighted by molar-refractivity contribution is 6.01. The molecule has 4 nitrogen and oxygen atoms in total. The highest BCUT2D eigenvalue weighted by Crippen LogP contribution is 2.22. The van der Waals surface area contributed by atoms with Crippen LogP contribution in [0.1, 0.15) is 17.0 Å². The number of rotatable bonds is 3. The Morgan fingerprint density at radius 3 is 2.52 bits per heavy atom. The third-order valence-electron chi connectivity index (χ3n) is 3.38. The predicted molar refractivity (Wildman–Crippen MR) is 82.9 cm³/mol. The van der Waals surface area contributed by atoms with Crippen LogP contribution in [-0.2, 0) is 4.79 Å². The Morgan fingerprint density at radius 1 is 1.29 bits per heavy atom. The van der Waals surface area contributed by atoms with Gasteiger partial charge in [0.15, 0.2) is 0 Å². The van der Waals surface area contributed by atoms with Crippen LogP contribution in [-0.4, -0.2) is 17.5 Å². The molecular formula is C17H17N3O. The lowest BCUT2D eigenvalue weighted by molar-refractivity contribution is -0.116. The monoisotopic (exact) mass is 279 g/mol. The molecule has 0 unspecified atom stereocenters. The number of likely N-dealkylation sites (N-methyl/N-ethyl adjacent to an activating group) is 1. The second-order valence-electron chi connectivity index (χ2n) is 4.75. The number of nitrogens with one attached hydrogen (secondary N) is 1. The van der Waals surface area contributed by atoms with E-state index in [1.54, 1.807) is 6.08 Å². The molecule has 0 saturated heterocycles. The summed E-state index contributed by atoms with van der Waals surface area (Å²) in [5, 5.41) is 11.6. The maximum atomic E-state index is 11.6. The zero-order chi connectivity index (χ0) is 15.4. The zero-order valence-electron chi connectivity index (χ0n) is 12.3. The number of aromatic nitrogens is 1. The number of nitrogens with zero attached hydrogens (tertiary/aromatic N) is 2. The highest BCUT2D eigenvalue weighted by Gasteiger charge is 2.12. The van der Waals surface area contributed by atoms with Gasteiger partial charge >= 0.3 is 0 Å². The molecular weight excluding hydrogens is 262 g/mol. The van der Waals surface area contributed by atoms with Gasteiger partial charge in [0.1, 0.15) is 11.6 Å². The first-order valence-electron chi connectivity index (χ1n) is 6.66. The summed E-state index contributed by atoms with van der Waals surface area (Å²) in [7, 11) is 1.51. The number of aryl methyl sites for hydroxylation is 1. The van der Waals surface area contributed by atoms with Crippen molar-refractivity contribution < 1.29 is 4.79 Å². The van der Waals surface area contributed by atoms with Gasteiger partial charge in [-0.05, 0) is 43.7 Å². The van der Waals surface area contributed by atoms with Crippen molar-refractivity contribution >= 4 is 12.0 Å². The van der Waals surface area contributed by atoms with E-state index in [4.69, 9.17) is 5.26 Å². The number of hydrogen-bond donors (Lipinski definition) is 1. The van der Waals surface area contributed by atoms with Crippen molar-refractivity contribution in [2.45, 2.75) is 13.8 Å². The van der Waals surface area contributed by atoms with Crippen LogP contribution < -0.4 is 5.32 Å². The van der Waals surface area contributed by atoms with Crippen molar-refractivity contribution in [2.75, 3.05) is 7.05 Å². The minimum absolute atomic E-state index is 0.103. The normalized spacial score (nSPS) is 11.0. The molecule has 4 heteroatoms. The molecule has 0 bridgehead atoms. The molecule has 0 saturated carbocycles. The Kier molecular flexibility index (Phi) is 4.24. The van der Waals surface area contributed by atoms with E-state index in [0.29, 0.717) is 0 Å². The topological polar surface area (TPSA) is 57.8 Å². The molecule has 0 radical (unpaired) electrons. The molecule has 0 aliphatic carbocycles. The third kappa shape index (κ3) is 2.87. The molecule has 1 heterocycles. The fourth-order valence-corrected chi connectivity index (χ4v) is 2.35. The fraction of sp³-hybridized carbons (Fsp3) is 0.176. The first kappa shape index (κ1) is 14.6. The van der Waals surface area contributed by atoms with E-state index < -0.39 is 0 Å². The minimum atomic E-state index is -0.373. The van der Waals surface area contributed by atoms with Gasteiger partial charge in [-0.3, -0.25) is 4.79 Å². The van der Waals surface area contributed by atoms with Crippen LogP contribution >= 0.6 is 0 Å². The molecule has 21 heavy (non-hydrogen) atoms. The molecule has 1 amide bonds. The number of amides is 1. The van der Waals surface area contributed by atoms with Crippen LogP contribution in [0.2, 0.25) is 0 Å². The van der Waals surface area contributed by atoms with Crippen molar-refractivity contribution in [1.82, 2.24) is 9.88 Å². The largest absolute Gasteiger partial charge is 0.354 e. The van der Waals surface area contributed by atoms with Crippen molar-refractivity contribution in [3.05, 3.63) is 58.9 Å². The predicted octanol–water partition coefficient (Wildman–Crippen LogP) is 2.75. The van der Waals surface area contributed by atoms with Crippen molar-refractivity contribution in [1.29, 1.82) is 5.26 Å². The molecule has 1 aromatic heterocycles. The van der Waals surface area contributed by atoms with Crippen LogP contribution in [0, 0.1) is 25.2 Å². The maximum absolute atomic E-state index is 11.6. The second-order valence-corrected chi connectivity index (χ2v) is 4.75. The molecule has 1 N–H and O–H groups in total. The average molecular weight is 279 g/mol. The van der Waals surface area contributed by atoms with Gasteiger partial charge in [0, 0.05) is 24.1 Å². The Hall–Kier alpha value is -2.80. The number of benzene rings is 1. The second kappa shape index (κ2) is 6.10. The van der Waals surface area contributed by atoms with Gasteiger partial charge in [0.2, 0.25) is 0 Å². The van der Waals surface area contributed by atoms with Gasteiger partial charge < -0.3 is 9.88 Å². The van der Waals surface area contributed by atoms with Gasteiger partial charge in [0.05, 0.1) is 0 Å². The number of carbonyl (C=O) groups is 1. The minimum Gasteiger partial charge on any atom is -0.354 e. The van der Waals surface area contributed by atoms with E-state index in [1.807, 2.05) is 56.3 Å². The van der Waals surface area contributed by atoms with Crippen LogP contribution in [0.5, 0.6) is 0 Å². The first-order chi connectivity index (χ1) is 10.1. The molecule has 0 atom stereocenters. The lowest BCUT2D eigenvalue weighted by atomic mass is 10.1. The smallest absolute Gasteiger partial charge is 0.261 e. The summed E-state index contributed by atoms with van der Waals surface area (Å²) in [6.45, 7) is 3.98. The molecule has 106 valence electrons. The van der Waals surface area contributed by atoms with Gasteiger partial charge in [-0.15, -0.1) is 0 Å². The zero-order valence-corrected chi connectivity index (χ0v) is 12.3. The standard InChI is InChI=1S/C17H17N3O/c1-12-9-14(10-15(11-18)17(21)19-3)13(2)20(12)16-7-5-4-6-8-16/h4-10H,1-3H3,(H,19,21)/b15-10-. The molecule has 0 spiro atoms. The van der Waals surface area contributed by atoms with Crippen molar-refractivity contribution in [3.63, 3.8) is 0 Å². The highest BCUT2D eigenvalue weighted by atomic mass is 16.1. The molecule has 0 fully saturated rings. The third-order valence-corrected chi connectivity index (χ3v) is 3.38. The van der Waals surface area contributed by atoms with Crippen LogP contribution in [0.3, 0.4) is 0 Å². The summed E-state index contributed by atoms with van der Waals surface area (Å²) in [5.41, 5.74) is 4.09. The maximum Gasteiger partial charge on any atom is 0.261 e. The molecule has 0 aliphatic heterocycles. The molecule has 2 rings (SSSR count). The summed E-state index contributed by atoms with van der Waals surface area (Å²) in [6, 6.07) is 13.9. The summed E-state index contributed by atoms with van der Waals surface area (Å²) in [4.78, 5) is 11.6. The number of nitriles is 1. The van der Waals surface area contributed by atoms with E-state index in [1.165, 1.54) is 7.05 Å². The number of para-hydroxylation sites is 1. The summed E-state index contributed by atoms with van der Waals surface area (Å²) >= 11 is 0. The van der Waals surface area contributed by atoms with Crippen LogP contribution in [0.25, 0.3) is 11.8 Å². The van der Waals surface area contributed by atoms with Gasteiger partial charge in [-0.1, -0.05) is 18.2 Å². The number of carbonyl (C=O) groups excluding carboxylic acids is 1. The molecule has 0 aliphatic rings.